The number of nitrogens with one attached hydrogen (secondary N) is 1. The van der Waals surface area contributed by atoms with Gasteiger partial charge < -0.3 is 9.84 Å². The molecule has 0 aliphatic heterocycles. The van der Waals surface area contributed by atoms with E-state index in [2.05, 4.69) is 37.9 Å². The second-order valence-corrected chi connectivity index (χ2v) is 5.46. The molecule has 0 saturated carbocycles. The summed E-state index contributed by atoms with van der Waals surface area (Å²) in [7, 11) is 0. The number of anilines is 1. The first-order valence-corrected chi connectivity index (χ1v) is 6.81. The highest BCUT2D eigenvalue weighted by molar-refractivity contribution is 9.10. The van der Waals surface area contributed by atoms with E-state index in [0.717, 1.165) is 17.3 Å². The molecule has 0 saturated heterocycles. The Morgan fingerprint density at radius 2 is 2.47 bits per heavy atom. The van der Waals surface area contributed by atoms with Crippen LogP contribution in [0.5, 0.6) is 0 Å². The topological polar surface area (TPSA) is 55.1 Å². The molecule has 0 aliphatic carbocycles. The van der Waals surface area contributed by atoms with Crippen LogP contribution in [0.2, 0.25) is 0 Å². The molecule has 0 radical (unpaired) electrons. The van der Waals surface area contributed by atoms with E-state index in [4.69, 9.17) is 0 Å². The fourth-order valence-corrected chi connectivity index (χ4v) is 3.24. The molecule has 0 spiro atoms. The van der Waals surface area contributed by atoms with Crippen LogP contribution in [0, 0.1) is 0 Å². The number of carbonyl (C=O) groups is 1. The summed E-state index contributed by atoms with van der Waals surface area (Å²) < 4.78 is 5.64. The Balaban J connectivity index is 2.11. The van der Waals surface area contributed by atoms with Crippen molar-refractivity contribution in [2.45, 2.75) is 19.8 Å². The van der Waals surface area contributed by atoms with Crippen LogP contribution in [0.4, 0.5) is 5.82 Å². The van der Waals surface area contributed by atoms with Gasteiger partial charge in [-0.05, 0) is 28.4 Å². The van der Waals surface area contributed by atoms with Gasteiger partial charge in [0.1, 0.15) is 6.26 Å². The van der Waals surface area contributed by atoms with Gasteiger partial charge in [0.05, 0.1) is 4.88 Å². The first-order chi connectivity index (χ1) is 8.20. The molecule has 17 heavy (non-hydrogen) atoms. The van der Waals surface area contributed by atoms with E-state index in [1.54, 1.807) is 6.07 Å². The molecule has 1 N–H and O–H groups in total. The van der Waals surface area contributed by atoms with E-state index in [1.807, 2.05) is 6.07 Å². The largest absolute Gasteiger partial charge is 0.363 e. The van der Waals surface area contributed by atoms with Gasteiger partial charge in [0.2, 0.25) is 0 Å². The lowest BCUT2D eigenvalue weighted by molar-refractivity contribution is 0.102. The van der Waals surface area contributed by atoms with Crippen molar-refractivity contribution in [3.05, 3.63) is 32.6 Å². The molecular formula is C11H11BrN2O2S. The van der Waals surface area contributed by atoms with Crippen molar-refractivity contribution in [2.24, 2.45) is 0 Å². The van der Waals surface area contributed by atoms with Crippen molar-refractivity contribution in [3.8, 4) is 0 Å². The van der Waals surface area contributed by atoms with Gasteiger partial charge >= 0.3 is 0 Å². The average molecular weight is 315 g/mol. The molecule has 0 aliphatic rings. The number of rotatable bonds is 4. The maximum absolute atomic E-state index is 11.9. The zero-order valence-corrected chi connectivity index (χ0v) is 11.6. The maximum Gasteiger partial charge on any atom is 0.267 e. The Labute approximate surface area is 111 Å². The zero-order valence-electron chi connectivity index (χ0n) is 9.20. The molecule has 6 heteroatoms. The van der Waals surface area contributed by atoms with Crippen molar-refractivity contribution >= 4 is 39.0 Å². The lowest BCUT2D eigenvalue weighted by Gasteiger charge is -1.96. The van der Waals surface area contributed by atoms with Crippen LogP contribution in [0.15, 0.2) is 27.4 Å². The number of hydrogen-bond acceptors (Lipinski definition) is 4. The molecule has 2 rings (SSSR count). The lowest BCUT2D eigenvalue weighted by atomic mass is 10.3. The van der Waals surface area contributed by atoms with E-state index in [-0.39, 0.29) is 5.91 Å². The minimum atomic E-state index is -0.160. The number of carbonyl (C=O) groups excluding carboxylic acids is 1. The number of amides is 1. The smallest absolute Gasteiger partial charge is 0.267 e. The number of aromatic nitrogens is 1. The second kappa shape index (κ2) is 5.46. The highest BCUT2D eigenvalue weighted by Crippen LogP contribution is 2.29. The van der Waals surface area contributed by atoms with E-state index >= 15 is 0 Å². The van der Waals surface area contributed by atoms with Crippen LogP contribution in [-0.2, 0) is 6.42 Å². The molecular weight excluding hydrogens is 304 g/mol. The molecule has 2 aromatic heterocycles. The predicted molar refractivity (Wildman–Crippen MR) is 70.5 cm³/mol. The SMILES string of the molecule is CCCc1sc(C(=O)Nc2ccon2)cc1Br. The first-order valence-electron chi connectivity index (χ1n) is 5.20. The standard InChI is InChI=1S/C11H11BrN2O2S/c1-2-3-8-7(12)6-9(17-8)11(15)13-10-4-5-16-14-10/h4-6H,2-3H2,1H3,(H,13,14,15). The molecule has 90 valence electrons. The fraction of sp³-hybridized carbons (Fsp3) is 0.273. The maximum atomic E-state index is 11.9. The van der Waals surface area contributed by atoms with Crippen molar-refractivity contribution in [1.82, 2.24) is 5.16 Å². The summed E-state index contributed by atoms with van der Waals surface area (Å²) in [6, 6.07) is 3.44. The third kappa shape index (κ3) is 2.95. The quantitative estimate of drug-likeness (QED) is 0.936. The predicted octanol–water partition coefficient (Wildman–Crippen LogP) is 3.70. The van der Waals surface area contributed by atoms with Gasteiger partial charge in [-0.2, -0.15) is 0 Å². The number of thiophene rings is 1. The Kier molecular flexibility index (Phi) is 3.96. The molecule has 0 atom stereocenters. The molecule has 0 aromatic carbocycles. The van der Waals surface area contributed by atoms with E-state index < -0.39 is 0 Å². The van der Waals surface area contributed by atoms with E-state index in [1.165, 1.54) is 22.5 Å². The first kappa shape index (κ1) is 12.3. The minimum absolute atomic E-state index is 0.160. The molecule has 1 amide bonds. The Hall–Kier alpha value is -1.14. The Morgan fingerprint density at radius 1 is 1.65 bits per heavy atom. The molecule has 2 aromatic rings. The molecule has 0 fully saturated rings. The summed E-state index contributed by atoms with van der Waals surface area (Å²) in [5.74, 6) is 0.267. The third-order valence-electron chi connectivity index (χ3n) is 2.14. The fourth-order valence-electron chi connectivity index (χ4n) is 1.37. The van der Waals surface area contributed by atoms with Crippen molar-refractivity contribution < 1.29 is 9.32 Å². The summed E-state index contributed by atoms with van der Waals surface area (Å²) in [4.78, 5) is 13.7. The number of nitrogens with zero attached hydrogens (tertiary/aromatic N) is 1. The van der Waals surface area contributed by atoms with Crippen molar-refractivity contribution in [3.63, 3.8) is 0 Å². The minimum Gasteiger partial charge on any atom is -0.363 e. The molecule has 4 nitrogen and oxygen atoms in total. The van der Waals surface area contributed by atoms with Gasteiger partial charge in [0.25, 0.3) is 5.91 Å². The highest BCUT2D eigenvalue weighted by Gasteiger charge is 2.13. The van der Waals surface area contributed by atoms with Crippen LogP contribution >= 0.6 is 27.3 Å². The van der Waals surface area contributed by atoms with E-state index in [9.17, 15) is 4.79 Å². The highest BCUT2D eigenvalue weighted by atomic mass is 79.9. The molecule has 0 bridgehead atoms. The Morgan fingerprint density at radius 3 is 3.12 bits per heavy atom. The van der Waals surface area contributed by atoms with Crippen LogP contribution in [0.3, 0.4) is 0 Å². The molecule has 0 unspecified atom stereocenters. The summed E-state index contributed by atoms with van der Waals surface area (Å²) in [5.41, 5.74) is 0. The number of aryl methyl sites for hydroxylation is 1. The second-order valence-electron chi connectivity index (χ2n) is 3.47. The van der Waals surface area contributed by atoms with Gasteiger partial charge in [-0.25, -0.2) is 0 Å². The summed E-state index contributed by atoms with van der Waals surface area (Å²) in [5, 5.41) is 6.30. The van der Waals surface area contributed by atoms with Crippen LogP contribution < -0.4 is 5.32 Å². The summed E-state index contributed by atoms with van der Waals surface area (Å²) >= 11 is 4.96. The average Bonchev–Trinajstić information content (AvgIpc) is 2.90. The van der Waals surface area contributed by atoms with Crippen molar-refractivity contribution in [1.29, 1.82) is 0 Å². The third-order valence-corrected chi connectivity index (χ3v) is 4.30. The summed E-state index contributed by atoms with van der Waals surface area (Å²) in [6.07, 6.45) is 3.45. The lowest BCUT2D eigenvalue weighted by Crippen LogP contribution is -2.10. The van der Waals surface area contributed by atoms with E-state index in [0.29, 0.717) is 10.7 Å². The van der Waals surface area contributed by atoms with Crippen LogP contribution in [-0.4, -0.2) is 11.1 Å². The number of halogens is 1. The zero-order chi connectivity index (χ0) is 12.3. The van der Waals surface area contributed by atoms with Gasteiger partial charge in [-0.15, -0.1) is 11.3 Å². The monoisotopic (exact) mass is 314 g/mol. The Bertz CT molecular complexity index is 508. The molecule has 2 heterocycles. The van der Waals surface area contributed by atoms with Crippen LogP contribution in [0.1, 0.15) is 27.9 Å². The van der Waals surface area contributed by atoms with Gasteiger partial charge in [0.15, 0.2) is 5.82 Å². The van der Waals surface area contributed by atoms with Gasteiger partial charge in [0, 0.05) is 15.4 Å². The van der Waals surface area contributed by atoms with Crippen LogP contribution in [0.25, 0.3) is 0 Å². The number of hydrogen-bond donors (Lipinski definition) is 1. The van der Waals surface area contributed by atoms with Crippen molar-refractivity contribution in [2.75, 3.05) is 5.32 Å². The van der Waals surface area contributed by atoms with Gasteiger partial charge in [-0.3, -0.25) is 4.79 Å². The summed E-state index contributed by atoms with van der Waals surface area (Å²) in [6.45, 7) is 2.11. The van der Waals surface area contributed by atoms with Gasteiger partial charge in [-0.1, -0.05) is 18.5 Å². The normalized spacial score (nSPS) is 10.5.